The predicted octanol–water partition coefficient (Wildman–Crippen LogP) is 1.55. The highest BCUT2D eigenvalue weighted by molar-refractivity contribution is 5.84. The molecule has 2 aromatic rings. The number of benzene rings is 1. The molecule has 1 aromatic carbocycles. The first kappa shape index (κ1) is 16.3. The Morgan fingerprint density at radius 2 is 1.74 bits per heavy atom. The van der Waals surface area contributed by atoms with Gasteiger partial charge in [-0.15, -0.1) is 4.73 Å². The number of rotatable bonds is 2. The molecular formula is C15H16N4O4. The average molecular weight is 316 g/mol. The lowest BCUT2D eigenvalue weighted by molar-refractivity contribution is -0.620. The monoisotopic (exact) mass is 316 g/mol. The lowest BCUT2D eigenvalue weighted by Gasteiger charge is -2.14. The number of carbonyl (C=O) groups excluding carboxylic acids is 1. The second-order valence-electron chi connectivity index (χ2n) is 5.40. The lowest BCUT2D eigenvalue weighted by atomic mass is 10.1. The minimum atomic E-state index is -0.913. The molecule has 0 saturated carbocycles. The van der Waals surface area contributed by atoms with Crippen molar-refractivity contribution in [3.63, 3.8) is 0 Å². The third-order valence-electron chi connectivity index (χ3n) is 3.33. The molecule has 1 heterocycles. The Labute approximate surface area is 132 Å². The molecule has 1 amide bonds. The number of nitrogens with zero attached hydrogens (tertiary/aromatic N) is 3. The molecule has 0 aliphatic rings. The van der Waals surface area contributed by atoms with Crippen molar-refractivity contribution >= 4 is 22.9 Å². The zero-order chi connectivity index (χ0) is 17.3. The molecular weight excluding hydrogens is 300 g/mol. The molecule has 1 aromatic heterocycles. The summed E-state index contributed by atoms with van der Waals surface area (Å²) >= 11 is 0. The standard InChI is InChI=1S/C15H16N4O4/c1-8(2)23-15(20)17-14-13(7-16)18(21)11-5-9(3)10(4)6-12(11)19(14)22/h5-6,8H,1-4H3,(H,17,20). The highest BCUT2D eigenvalue weighted by atomic mass is 16.6. The van der Waals surface area contributed by atoms with Crippen molar-refractivity contribution in [1.29, 1.82) is 5.26 Å². The normalized spacial score (nSPS) is 10.6. The highest BCUT2D eigenvalue weighted by Crippen LogP contribution is 2.17. The van der Waals surface area contributed by atoms with Crippen LogP contribution < -0.4 is 14.8 Å². The van der Waals surface area contributed by atoms with Crippen LogP contribution in [0.3, 0.4) is 0 Å². The first-order valence-corrected chi connectivity index (χ1v) is 6.94. The quantitative estimate of drug-likeness (QED) is 0.666. The van der Waals surface area contributed by atoms with Gasteiger partial charge in [-0.1, -0.05) is 0 Å². The molecule has 0 unspecified atom stereocenters. The van der Waals surface area contributed by atoms with Gasteiger partial charge in [0.1, 0.15) is 6.10 Å². The molecule has 0 atom stereocenters. The molecule has 23 heavy (non-hydrogen) atoms. The van der Waals surface area contributed by atoms with E-state index in [1.165, 1.54) is 12.1 Å². The van der Waals surface area contributed by atoms with Crippen LogP contribution in [0.25, 0.3) is 11.0 Å². The first-order chi connectivity index (χ1) is 10.8. The van der Waals surface area contributed by atoms with Gasteiger partial charge in [0.15, 0.2) is 6.07 Å². The molecule has 0 aliphatic heterocycles. The van der Waals surface area contributed by atoms with Gasteiger partial charge in [-0.2, -0.15) is 15.4 Å². The summed E-state index contributed by atoms with van der Waals surface area (Å²) in [4.78, 5) is 11.7. The zero-order valence-corrected chi connectivity index (χ0v) is 13.2. The molecule has 120 valence electrons. The second-order valence-corrected chi connectivity index (χ2v) is 5.40. The topological polar surface area (TPSA) is 116 Å². The van der Waals surface area contributed by atoms with Crippen LogP contribution in [0.1, 0.15) is 30.7 Å². The van der Waals surface area contributed by atoms with E-state index in [-0.39, 0.29) is 11.0 Å². The summed E-state index contributed by atoms with van der Waals surface area (Å²) in [7, 11) is 0. The van der Waals surface area contributed by atoms with E-state index in [2.05, 4.69) is 5.32 Å². The van der Waals surface area contributed by atoms with Gasteiger partial charge in [0.05, 0.1) is 0 Å². The third-order valence-corrected chi connectivity index (χ3v) is 3.33. The lowest BCUT2D eigenvalue weighted by Crippen LogP contribution is -2.45. The van der Waals surface area contributed by atoms with Gasteiger partial charge < -0.3 is 15.2 Å². The molecule has 0 fully saturated rings. The minimum absolute atomic E-state index is 0.0574. The van der Waals surface area contributed by atoms with Gasteiger partial charge in [-0.3, -0.25) is 0 Å². The van der Waals surface area contributed by atoms with Crippen LogP contribution in [-0.2, 0) is 4.74 Å². The Morgan fingerprint density at radius 3 is 2.22 bits per heavy atom. The van der Waals surface area contributed by atoms with E-state index in [4.69, 9.17) is 4.74 Å². The van der Waals surface area contributed by atoms with Crippen LogP contribution in [0.4, 0.5) is 10.6 Å². The summed E-state index contributed by atoms with van der Waals surface area (Å²) in [5.41, 5.74) is 1.23. The number of fused-ring (bicyclic) bond motifs is 1. The Morgan fingerprint density at radius 1 is 1.22 bits per heavy atom. The van der Waals surface area contributed by atoms with Gasteiger partial charge in [-0.05, 0) is 44.9 Å². The zero-order valence-electron chi connectivity index (χ0n) is 13.2. The summed E-state index contributed by atoms with van der Waals surface area (Å²) in [6, 6.07) is 4.71. The number of anilines is 1. The van der Waals surface area contributed by atoms with Crippen molar-refractivity contribution in [1.82, 2.24) is 0 Å². The number of aryl methyl sites for hydroxylation is 2. The van der Waals surface area contributed by atoms with E-state index in [0.29, 0.717) is 9.46 Å². The number of ether oxygens (including phenoxy) is 1. The van der Waals surface area contributed by atoms with Crippen molar-refractivity contribution < 1.29 is 19.0 Å². The number of hydrogen-bond acceptors (Lipinski definition) is 5. The van der Waals surface area contributed by atoms with E-state index < -0.39 is 23.7 Å². The van der Waals surface area contributed by atoms with Crippen LogP contribution in [0.15, 0.2) is 12.1 Å². The molecule has 2 rings (SSSR count). The summed E-state index contributed by atoms with van der Waals surface area (Å²) in [6.45, 7) is 6.86. The summed E-state index contributed by atoms with van der Waals surface area (Å²) < 4.78 is 5.57. The Balaban J connectivity index is 2.69. The number of aromatic nitrogens is 2. The summed E-state index contributed by atoms with van der Waals surface area (Å²) in [5, 5.41) is 36.2. The number of nitrogens with one attached hydrogen (secondary N) is 1. The van der Waals surface area contributed by atoms with Crippen molar-refractivity contribution in [2.24, 2.45) is 0 Å². The molecule has 0 saturated heterocycles. The van der Waals surface area contributed by atoms with Crippen LogP contribution in [0, 0.1) is 35.6 Å². The number of amides is 1. The maximum atomic E-state index is 12.5. The van der Waals surface area contributed by atoms with Gasteiger partial charge in [0.2, 0.25) is 5.52 Å². The second kappa shape index (κ2) is 5.96. The van der Waals surface area contributed by atoms with Crippen molar-refractivity contribution in [2.75, 3.05) is 5.32 Å². The number of nitriles is 1. The predicted molar refractivity (Wildman–Crippen MR) is 81.3 cm³/mol. The summed E-state index contributed by atoms with van der Waals surface area (Å²) in [6.07, 6.45) is -1.32. The van der Waals surface area contributed by atoms with E-state index in [9.17, 15) is 20.5 Å². The maximum absolute atomic E-state index is 12.5. The fourth-order valence-electron chi connectivity index (χ4n) is 2.09. The minimum Gasteiger partial charge on any atom is -0.710 e. The molecule has 0 aliphatic carbocycles. The third kappa shape index (κ3) is 2.94. The number of hydrogen-bond donors (Lipinski definition) is 1. The van der Waals surface area contributed by atoms with E-state index in [1.54, 1.807) is 33.8 Å². The highest BCUT2D eigenvalue weighted by Gasteiger charge is 2.30. The SMILES string of the molecule is Cc1cc2c(cc1C)[n+]([O-])c(NC(=O)OC(C)C)c(C#N)[n+]2[O-]. The van der Waals surface area contributed by atoms with Gasteiger partial charge in [0, 0.05) is 6.07 Å². The fraction of sp³-hybridized carbons (Fsp3) is 0.333. The molecule has 0 spiro atoms. The van der Waals surface area contributed by atoms with E-state index >= 15 is 0 Å². The van der Waals surface area contributed by atoms with Crippen LogP contribution in [0.2, 0.25) is 0 Å². The first-order valence-electron chi connectivity index (χ1n) is 6.94. The van der Waals surface area contributed by atoms with Gasteiger partial charge >= 0.3 is 17.6 Å². The summed E-state index contributed by atoms with van der Waals surface area (Å²) in [5.74, 6) is -0.455. The van der Waals surface area contributed by atoms with Crippen molar-refractivity contribution in [3.05, 3.63) is 39.4 Å². The fourth-order valence-corrected chi connectivity index (χ4v) is 2.09. The molecule has 0 bridgehead atoms. The van der Waals surface area contributed by atoms with E-state index in [0.717, 1.165) is 11.1 Å². The molecule has 0 radical (unpaired) electrons. The van der Waals surface area contributed by atoms with Gasteiger partial charge in [0.25, 0.3) is 5.52 Å². The van der Waals surface area contributed by atoms with Crippen LogP contribution in [-0.4, -0.2) is 12.2 Å². The molecule has 8 nitrogen and oxygen atoms in total. The Hall–Kier alpha value is -3.08. The van der Waals surface area contributed by atoms with Gasteiger partial charge in [-0.25, -0.2) is 4.73 Å². The van der Waals surface area contributed by atoms with Crippen LogP contribution >= 0.6 is 0 Å². The van der Waals surface area contributed by atoms with Crippen molar-refractivity contribution in [3.8, 4) is 6.07 Å². The molecule has 8 heteroatoms. The Kier molecular flexibility index (Phi) is 4.22. The maximum Gasteiger partial charge on any atom is 0.505 e. The van der Waals surface area contributed by atoms with Crippen molar-refractivity contribution in [2.45, 2.75) is 33.8 Å². The van der Waals surface area contributed by atoms with E-state index in [1.807, 2.05) is 0 Å². The smallest absolute Gasteiger partial charge is 0.505 e. The average Bonchev–Trinajstić information content (AvgIpc) is 2.46. The molecule has 1 N–H and O–H groups in total. The van der Waals surface area contributed by atoms with Crippen LogP contribution in [0.5, 0.6) is 0 Å². The number of carbonyl (C=O) groups is 1. The Bertz CT molecular complexity index is 840. The largest absolute Gasteiger partial charge is 0.710 e.